The molecule has 1 heterocycles. The van der Waals surface area contributed by atoms with Crippen LogP contribution in [0.25, 0.3) is 0 Å². The number of alkyl halides is 3. The van der Waals surface area contributed by atoms with Gasteiger partial charge in [0.25, 0.3) is 0 Å². The van der Waals surface area contributed by atoms with Gasteiger partial charge in [-0.3, -0.25) is 4.90 Å². The third kappa shape index (κ3) is 3.46. The average molecular weight is 323 g/mol. The Hall–Kier alpha value is -0.590. The summed E-state index contributed by atoms with van der Waals surface area (Å²) in [6.07, 6.45) is -4.31. The number of hydrogen-bond acceptors (Lipinski definition) is 2. The van der Waals surface area contributed by atoms with Crippen LogP contribution in [0, 0.1) is 0 Å². The lowest BCUT2D eigenvalue weighted by atomic mass is 10.1. The van der Waals surface area contributed by atoms with E-state index in [1.54, 1.807) is 6.07 Å². The van der Waals surface area contributed by atoms with Gasteiger partial charge < -0.3 is 5.32 Å². The minimum atomic E-state index is -4.31. The van der Waals surface area contributed by atoms with E-state index in [4.69, 9.17) is 0 Å². The van der Waals surface area contributed by atoms with Gasteiger partial charge in [0.1, 0.15) is 0 Å². The summed E-state index contributed by atoms with van der Waals surface area (Å²) in [5.74, 6) is 0. The predicted molar refractivity (Wildman–Crippen MR) is 67.3 cm³/mol. The number of benzene rings is 1. The molecule has 6 heteroatoms. The van der Waals surface area contributed by atoms with Crippen LogP contribution in [0.1, 0.15) is 11.1 Å². The van der Waals surface area contributed by atoms with Crippen LogP contribution in [0.4, 0.5) is 13.2 Å². The smallest absolute Gasteiger partial charge is 0.314 e. The number of piperazine rings is 1. The van der Waals surface area contributed by atoms with Crippen molar-refractivity contribution in [2.45, 2.75) is 12.7 Å². The third-order valence-electron chi connectivity index (χ3n) is 2.95. The van der Waals surface area contributed by atoms with Gasteiger partial charge in [-0.05, 0) is 17.7 Å². The first-order valence-corrected chi connectivity index (χ1v) is 6.55. The molecule has 0 atom stereocenters. The second kappa shape index (κ2) is 5.59. The lowest BCUT2D eigenvalue weighted by molar-refractivity contribution is -0.138. The average Bonchev–Trinajstić information content (AvgIpc) is 2.31. The highest BCUT2D eigenvalue weighted by Crippen LogP contribution is 2.35. The number of nitrogens with zero attached hydrogens (tertiary/aromatic N) is 1. The fourth-order valence-electron chi connectivity index (χ4n) is 2.02. The molecule has 0 radical (unpaired) electrons. The van der Waals surface area contributed by atoms with Gasteiger partial charge in [-0.25, -0.2) is 0 Å². The van der Waals surface area contributed by atoms with Crippen LogP contribution in [0.5, 0.6) is 0 Å². The van der Waals surface area contributed by atoms with E-state index in [9.17, 15) is 13.2 Å². The Morgan fingerprint density at radius 2 is 1.89 bits per heavy atom. The number of hydrogen-bond donors (Lipinski definition) is 1. The number of rotatable bonds is 2. The van der Waals surface area contributed by atoms with Gasteiger partial charge in [0, 0.05) is 37.2 Å². The molecule has 1 fully saturated rings. The maximum absolute atomic E-state index is 12.8. The molecule has 0 amide bonds. The van der Waals surface area contributed by atoms with Crippen LogP contribution in [0.2, 0.25) is 0 Å². The summed E-state index contributed by atoms with van der Waals surface area (Å²) in [6, 6.07) is 4.44. The highest BCUT2D eigenvalue weighted by atomic mass is 79.9. The van der Waals surface area contributed by atoms with Crippen molar-refractivity contribution in [2.24, 2.45) is 0 Å². The van der Waals surface area contributed by atoms with Crippen LogP contribution < -0.4 is 5.32 Å². The molecule has 1 aromatic rings. The van der Waals surface area contributed by atoms with Crippen molar-refractivity contribution >= 4 is 15.9 Å². The summed E-state index contributed by atoms with van der Waals surface area (Å²) in [6.45, 7) is 4.10. The second-order valence-electron chi connectivity index (χ2n) is 4.34. The van der Waals surface area contributed by atoms with Gasteiger partial charge in [-0.15, -0.1) is 0 Å². The summed E-state index contributed by atoms with van der Waals surface area (Å²) in [4.78, 5) is 2.15. The van der Waals surface area contributed by atoms with Gasteiger partial charge in [-0.1, -0.05) is 22.0 Å². The van der Waals surface area contributed by atoms with Crippen molar-refractivity contribution in [2.75, 3.05) is 26.2 Å². The Balaban J connectivity index is 2.14. The first-order valence-electron chi connectivity index (χ1n) is 5.75. The van der Waals surface area contributed by atoms with Crippen molar-refractivity contribution in [3.63, 3.8) is 0 Å². The molecular formula is C12H14BrF3N2. The summed E-state index contributed by atoms with van der Waals surface area (Å²) in [5, 5.41) is 3.22. The summed E-state index contributed by atoms with van der Waals surface area (Å²) in [7, 11) is 0. The van der Waals surface area contributed by atoms with E-state index in [2.05, 4.69) is 26.1 Å². The Kier molecular flexibility index (Phi) is 4.29. The summed E-state index contributed by atoms with van der Waals surface area (Å²) in [5.41, 5.74) is 0.0996. The van der Waals surface area contributed by atoms with Crippen LogP contribution >= 0.6 is 15.9 Å². The maximum atomic E-state index is 12.8. The minimum Gasteiger partial charge on any atom is -0.314 e. The topological polar surface area (TPSA) is 15.3 Å². The largest absolute Gasteiger partial charge is 0.417 e. The molecule has 1 aromatic carbocycles. The molecule has 0 aromatic heterocycles. The Morgan fingerprint density at radius 1 is 1.22 bits per heavy atom. The number of nitrogens with one attached hydrogen (secondary N) is 1. The van der Waals surface area contributed by atoms with E-state index in [-0.39, 0.29) is 4.47 Å². The van der Waals surface area contributed by atoms with E-state index in [1.807, 2.05) is 0 Å². The zero-order valence-electron chi connectivity index (χ0n) is 9.73. The Morgan fingerprint density at radius 3 is 2.50 bits per heavy atom. The van der Waals surface area contributed by atoms with Gasteiger partial charge in [0.15, 0.2) is 0 Å². The van der Waals surface area contributed by atoms with Crippen molar-refractivity contribution in [1.29, 1.82) is 0 Å². The fourth-order valence-corrected chi connectivity index (χ4v) is 2.49. The SMILES string of the molecule is FC(F)(F)c1cc(CN2CCNCC2)ccc1Br. The van der Waals surface area contributed by atoms with Crippen molar-refractivity contribution in [1.82, 2.24) is 10.2 Å². The van der Waals surface area contributed by atoms with Crippen LogP contribution in [-0.4, -0.2) is 31.1 Å². The van der Waals surface area contributed by atoms with E-state index in [1.165, 1.54) is 12.1 Å². The maximum Gasteiger partial charge on any atom is 0.417 e. The van der Waals surface area contributed by atoms with Crippen molar-refractivity contribution < 1.29 is 13.2 Å². The molecule has 0 saturated carbocycles. The Labute approximate surface area is 112 Å². The summed E-state index contributed by atoms with van der Waals surface area (Å²) < 4.78 is 38.4. The molecule has 100 valence electrons. The van der Waals surface area contributed by atoms with E-state index in [0.29, 0.717) is 12.1 Å². The molecule has 2 nitrogen and oxygen atoms in total. The minimum absolute atomic E-state index is 0.0964. The molecule has 0 bridgehead atoms. The first kappa shape index (κ1) is 13.8. The third-order valence-corrected chi connectivity index (χ3v) is 3.64. The number of halogens is 4. The zero-order chi connectivity index (χ0) is 13.2. The molecule has 0 unspecified atom stereocenters. The van der Waals surface area contributed by atoms with Crippen LogP contribution in [0.3, 0.4) is 0 Å². The summed E-state index contributed by atoms with van der Waals surface area (Å²) >= 11 is 2.95. The highest BCUT2D eigenvalue weighted by molar-refractivity contribution is 9.10. The van der Waals surface area contributed by atoms with Gasteiger partial charge >= 0.3 is 6.18 Å². The second-order valence-corrected chi connectivity index (χ2v) is 5.19. The lowest BCUT2D eigenvalue weighted by Gasteiger charge is -2.27. The molecule has 1 N–H and O–H groups in total. The zero-order valence-corrected chi connectivity index (χ0v) is 11.3. The van der Waals surface area contributed by atoms with Crippen molar-refractivity contribution in [3.05, 3.63) is 33.8 Å². The lowest BCUT2D eigenvalue weighted by Crippen LogP contribution is -2.42. The van der Waals surface area contributed by atoms with E-state index < -0.39 is 11.7 Å². The monoisotopic (exact) mass is 322 g/mol. The molecule has 0 aliphatic carbocycles. The standard InChI is InChI=1S/C12H14BrF3N2/c13-11-2-1-9(7-10(11)12(14,15)16)8-18-5-3-17-4-6-18/h1-2,7,17H,3-6,8H2. The molecular weight excluding hydrogens is 309 g/mol. The van der Waals surface area contributed by atoms with Gasteiger partial charge in [0.2, 0.25) is 0 Å². The fraction of sp³-hybridized carbons (Fsp3) is 0.500. The molecule has 2 rings (SSSR count). The first-order chi connectivity index (χ1) is 8.47. The predicted octanol–water partition coefficient (Wildman–Crippen LogP) is 2.87. The quantitative estimate of drug-likeness (QED) is 0.900. The molecule has 1 aliphatic rings. The van der Waals surface area contributed by atoms with Gasteiger partial charge in [-0.2, -0.15) is 13.2 Å². The molecule has 1 aliphatic heterocycles. The normalized spacial score (nSPS) is 18.0. The van der Waals surface area contributed by atoms with Crippen LogP contribution in [0.15, 0.2) is 22.7 Å². The molecule has 18 heavy (non-hydrogen) atoms. The Bertz CT molecular complexity index is 414. The van der Waals surface area contributed by atoms with Gasteiger partial charge in [0.05, 0.1) is 5.56 Å². The highest BCUT2D eigenvalue weighted by Gasteiger charge is 2.33. The van der Waals surface area contributed by atoms with Crippen molar-refractivity contribution in [3.8, 4) is 0 Å². The molecule has 1 saturated heterocycles. The van der Waals surface area contributed by atoms with E-state index >= 15 is 0 Å². The van der Waals surface area contributed by atoms with Crippen LogP contribution in [-0.2, 0) is 12.7 Å². The molecule has 0 spiro atoms. The van der Waals surface area contributed by atoms with E-state index in [0.717, 1.165) is 26.2 Å².